The van der Waals surface area contributed by atoms with Gasteiger partial charge < -0.3 is 15.1 Å². The van der Waals surface area contributed by atoms with Crippen LogP contribution < -0.4 is 10.2 Å². The lowest BCUT2D eigenvalue weighted by atomic mass is 10.2. The quantitative estimate of drug-likeness (QED) is 0.336. The third kappa shape index (κ3) is 6.47. The van der Waals surface area contributed by atoms with Gasteiger partial charge in [-0.25, -0.2) is 12.7 Å². The van der Waals surface area contributed by atoms with Gasteiger partial charge in [0.25, 0.3) is 0 Å². The first kappa shape index (κ1) is 25.7. The van der Waals surface area contributed by atoms with Gasteiger partial charge in [0.15, 0.2) is 5.96 Å². The first-order chi connectivity index (χ1) is 14.3. The maximum atomic E-state index is 12.2. The fraction of sp³-hybridized carbons (Fsp3) is 0.381. The third-order valence-corrected chi connectivity index (χ3v) is 7.18. The summed E-state index contributed by atoms with van der Waals surface area (Å²) in [6.07, 6.45) is 0. The fourth-order valence-corrected chi connectivity index (χ4v) is 4.44. The Bertz CT molecular complexity index is 991. The molecule has 7 nitrogen and oxygen atoms in total. The first-order valence-corrected chi connectivity index (χ1v) is 11.6. The van der Waals surface area contributed by atoms with Crippen molar-refractivity contribution in [1.82, 2.24) is 14.5 Å². The minimum absolute atomic E-state index is 0. The minimum Gasteiger partial charge on any atom is -0.368 e. The van der Waals surface area contributed by atoms with Crippen LogP contribution in [0.3, 0.4) is 0 Å². The zero-order valence-corrected chi connectivity index (χ0v) is 21.9. The summed E-state index contributed by atoms with van der Waals surface area (Å²) in [5, 5.41) is 4.12. The minimum atomic E-state index is -3.41. The van der Waals surface area contributed by atoms with Crippen LogP contribution in [0.4, 0.5) is 5.69 Å². The van der Waals surface area contributed by atoms with E-state index in [2.05, 4.69) is 26.2 Å². The number of aliphatic imine (C=N–C) groups is 1. The van der Waals surface area contributed by atoms with Crippen molar-refractivity contribution < 1.29 is 8.42 Å². The van der Waals surface area contributed by atoms with Crippen LogP contribution in [0, 0.1) is 0 Å². The number of benzene rings is 2. The molecule has 1 aliphatic rings. The van der Waals surface area contributed by atoms with Crippen molar-refractivity contribution in [2.24, 2.45) is 4.99 Å². The van der Waals surface area contributed by atoms with E-state index in [1.165, 1.54) is 18.4 Å². The molecule has 0 aliphatic carbocycles. The van der Waals surface area contributed by atoms with E-state index in [4.69, 9.17) is 11.6 Å². The Balaban J connectivity index is 0.00000341. The van der Waals surface area contributed by atoms with E-state index in [9.17, 15) is 8.42 Å². The number of piperazine rings is 1. The average Bonchev–Trinajstić information content (AvgIpc) is 2.75. The molecule has 2 aromatic carbocycles. The second-order valence-electron chi connectivity index (χ2n) is 7.29. The molecule has 0 amide bonds. The molecule has 0 bridgehead atoms. The summed E-state index contributed by atoms with van der Waals surface area (Å²) < 4.78 is 25.6. The van der Waals surface area contributed by atoms with Crippen molar-refractivity contribution in [1.29, 1.82) is 0 Å². The van der Waals surface area contributed by atoms with Gasteiger partial charge in [0.05, 0.1) is 4.90 Å². The van der Waals surface area contributed by atoms with Gasteiger partial charge in [-0.15, -0.1) is 24.0 Å². The highest BCUT2D eigenvalue weighted by Crippen LogP contribution is 2.21. The Morgan fingerprint density at radius 3 is 2.29 bits per heavy atom. The summed E-state index contributed by atoms with van der Waals surface area (Å²) in [4.78, 5) is 9.24. The molecule has 1 heterocycles. The number of nitrogens with zero attached hydrogens (tertiary/aromatic N) is 4. The lowest BCUT2D eigenvalue weighted by Gasteiger charge is -2.37. The highest BCUT2D eigenvalue weighted by Gasteiger charge is 2.20. The Morgan fingerprint density at radius 2 is 1.74 bits per heavy atom. The fourth-order valence-electron chi connectivity index (χ4n) is 3.35. The number of nitrogens with one attached hydrogen (secondary N) is 1. The highest BCUT2D eigenvalue weighted by atomic mass is 127. The van der Waals surface area contributed by atoms with Gasteiger partial charge in [-0.05, 0) is 35.9 Å². The molecule has 1 N–H and O–H groups in total. The van der Waals surface area contributed by atoms with Crippen LogP contribution in [-0.4, -0.2) is 70.9 Å². The zero-order chi connectivity index (χ0) is 21.7. The molecule has 1 fully saturated rings. The molecular formula is C21H29ClIN5O2S. The summed E-state index contributed by atoms with van der Waals surface area (Å²) in [6, 6.07) is 14.9. The number of hydrogen-bond donors (Lipinski definition) is 1. The Labute approximate surface area is 207 Å². The normalized spacial score (nSPS) is 15.1. The molecule has 3 rings (SSSR count). The summed E-state index contributed by atoms with van der Waals surface area (Å²) in [5.74, 6) is 0.839. The van der Waals surface area contributed by atoms with E-state index in [1.807, 2.05) is 30.3 Å². The topological polar surface area (TPSA) is 68.2 Å². The van der Waals surface area contributed by atoms with E-state index in [-0.39, 0.29) is 28.9 Å². The largest absolute Gasteiger partial charge is 0.368 e. The molecule has 0 radical (unpaired) electrons. The molecule has 0 saturated carbocycles. The molecule has 1 saturated heterocycles. The molecule has 0 unspecified atom stereocenters. The van der Waals surface area contributed by atoms with Crippen molar-refractivity contribution in [3.05, 3.63) is 59.1 Å². The predicted molar refractivity (Wildman–Crippen MR) is 138 cm³/mol. The van der Waals surface area contributed by atoms with Crippen molar-refractivity contribution in [3.8, 4) is 0 Å². The third-order valence-electron chi connectivity index (χ3n) is 5.12. The van der Waals surface area contributed by atoms with Gasteiger partial charge in [-0.1, -0.05) is 29.8 Å². The van der Waals surface area contributed by atoms with Gasteiger partial charge in [-0.2, -0.15) is 0 Å². The average molecular weight is 578 g/mol. The molecule has 10 heteroatoms. The lowest BCUT2D eigenvalue weighted by molar-refractivity contribution is 0.372. The SMILES string of the molecule is CN=C(NCc1ccc(S(=O)(=O)N(C)C)cc1)N1CCN(c2cccc(Cl)c2)CC1.I. The van der Waals surface area contributed by atoms with E-state index in [1.54, 1.807) is 19.2 Å². The van der Waals surface area contributed by atoms with Gasteiger partial charge >= 0.3 is 0 Å². The maximum absolute atomic E-state index is 12.2. The second kappa shape index (κ2) is 11.3. The molecule has 1 aliphatic heterocycles. The monoisotopic (exact) mass is 577 g/mol. The van der Waals surface area contributed by atoms with Gasteiger partial charge in [-0.3, -0.25) is 4.99 Å². The van der Waals surface area contributed by atoms with E-state index >= 15 is 0 Å². The van der Waals surface area contributed by atoms with Gasteiger partial charge in [0.2, 0.25) is 10.0 Å². The molecular weight excluding hydrogens is 549 g/mol. The zero-order valence-electron chi connectivity index (χ0n) is 18.0. The van der Waals surface area contributed by atoms with Crippen molar-refractivity contribution in [2.45, 2.75) is 11.4 Å². The van der Waals surface area contributed by atoms with Crippen LogP contribution in [0.1, 0.15) is 5.56 Å². The molecule has 0 atom stereocenters. The number of hydrogen-bond acceptors (Lipinski definition) is 4. The number of halogens is 2. The maximum Gasteiger partial charge on any atom is 0.242 e. The summed E-state index contributed by atoms with van der Waals surface area (Å²) >= 11 is 6.11. The predicted octanol–water partition coefficient (Wildman–Crippen LogP) is 3.11. The summed E-state index contributed by atoms with van der Waals surface area (Å²) in [6.45, 7) is 4.05. The Kier molecular flexibility index (Phi) is 9.41. The number of sulfonamides is 1. The first-order valence-electron chi connectivity index (χ1n) is 9.79. The number of anilines is 1. The van der Waals surface area contributed by atoms with E-state index in [0.717, 1.165) is 48.4 Å². The lowest BCUT2D eigenvalue weighted by Crippen LogP contribution is -2.52. The van der Waals surface area contributed by atoms with Crippen LogP contribution >= 0.6 is 35.6 Å². The second-order valence-corrected chi connectivity index (χ2v) is 9.87. The summed E-state index contributed by atoms with van der Waals surface area (Å²) in [5.41, 5.74) is 2.13. The summed E-state index contributed by atoms with van der Waals surface area (Å²) in [7, 11) is 1.42. The Hall–Kier alpha value is -1.56. The number of rotatable bonds is 5. The van der Waals surface area contributed by atoms with Crippen molar-refractivity contribution >= 4 is 57.2 Å². The van der Waals surface area contributed by atoms with Crippen LogP contribution in [0.25, 0.3) is 0 Å². The van der Waals surface area contributed by atoms with Gasteiger partial charge in [0.1, 0.15) is 0 Å². The highest BCUT2D eigenvalue weighted by molar-refractivity contribution is 14.0. The van der Waals surface area contributed by atoms with Crippen LogP contribution in [0.5, 0.6) is 0 Å². The molecule has 0 spiro atoms. The van der Waals surface area contributed by atoms with E-state index < -0.39 is 10.0 Å². The van der Waals surface area contributed by atoms with Crippen molar-refractivity contribution in [3.63, 3.8) is 0 Å². The molecule has 170 valence electrons. The molecule has 0 aromatic heterocycles. The van der Waals surface area contributed by atoms with E-state index in [0.29, 0.717) is 6.54 Å². The molecule has 2 aromatic rings. The molecule has 31 heavy (non-hydrogen) atoms. The number of guanidine groups is 1. The Morgan fingerprint density at radius 1 is 1.10 bits per heavy atom. The van der Waals surface area contributed by atoms with Crippen LogP contribution in [0.2, 0.25) is 5.02 Å². The standard InChI is InChI=1S/C21H28ClN5O2S.HI/c1-23-21(24-16-17-7-9-20(10-8-17)30(28,29)25(2)3)27-13-11-26(12-14-27)19-6-4-5-18(22)15-19;/h4-10,15H,11-14,16H2,1-3H3,(H,23,24);1H. The van der Waals surface area contributed by atoms with Crippen molar-refractivity contribution in [2.75, 3.05) is 52.2 Å². The van der Waals surface area contributed by atoms with Crippen LogP contribution in [-0.2, 0) is 16.6 Å². The van der Waals surface area contributed by atoms with Gasteiger partial charge in [0, 0.05) is 64.6 Å². The van der Waals surface area contributed by atoms with Crippen LogP contribution in [0.15, 0.2) is 58.4 Å². The smallest absolute Gasteiger partial charge is 0.242 e.